The van der Waals surface area contributed by atoms with Crippen molar-refractivity contribution < 1.29 is 19.1 Å². The molecule has 0 aromatic rings. The first-order valence-electron chi connectivity index (χ1n) is 7.37. The number of carbonyl (C=O) groups excluding carboxylic acids is 2. The Kier molecular flexibility index (Phi) is 8.07. The average molecular weight is 301 g/mol. The molecule has 1 rings (SSSR count). The van der Waals surface area contributed by atoms with E-state index in [1.807, 2.05) is 0 Å². The fourth-order valence-electron chi connectivity index (χ4n) is 2.29. The number of hydrogen-bond donors (Lipinski definition) is 1. The van der Waals surface area contributed by atoms with Crippen LogP contribution in [0.15, 0.2) is 0 Å². The summed E-state index contributed by atoms with van der Waals surface area (Å²) in [5, 5.41) is 2.94. The SMILES string of the molecule is COCCOCC(=O)N[C@@H]1CCCCN(C(=O)N(C)C)C1. The van der Waals surface area contributed by atoms with E-state index in [2.05, 4.69) is 5.32 Å². The lowest BCUT2D eigenvalue weighted by atomic mass is 10.1. The summed E-state index contributed by atoms with van der Waals surface area (Å²) in [4.78, 5) is 27.2. The highest BCUT2D eigenvalue weighted by Gasteiger charge is 2.23. The zero-order chi connectivity index (χ0) is 15.7. The van der Waals surface area contributed by atoms with Gasteiger partial charge in [-0.15, -0.1) is 0 Å². The van der Waals surface area contributed by atoms with E-state index < -0.39 is 0 Å². The van der Waals surface area contributed by atoms with Crippen LogP contribution in [0.25, 0.3) is 0 Å². The lowest BCUT2D eigenvalue weighted by Gasteiger charge is -2.27. The molecule has 0 spiro atoms. The van der Waals surface area contributed by atoms with Crippen LogP contribution in [0.5, 0.6) is 0 Å². The van der Waals surface area contributed by atoms with Gasteiger partial charge in [-0.05, 0) is 19.3 Å². The summed E-state index contributed by atoms with van der Waals surface area (Å²) in [6.07, 6.45) is 2.87. The molecule has 21 heavy (non-hydrogen) atoms. The largest absolute Gasteiger partial charge is 0.382 e. The lowest BCUT2D eigenvalue weighted by molar-refractivity contribution is -0.126. The molecule has 1 fully saturated rings. The van der Waals surface area contributed by atoms with Crippen molar-refractivity contribution in [3.05, 3.63) is 0 Å². The quantitative estimate of drug-likeness (QED) is 0.716. The fraction of sp³-hybridized carbons (Fsp3) is 0.857. The Morgan fingerprint density at radius 1 is 1.29 bits per heavy atom. The van der Waals surface area contributed by atoms with E-state index >= 15 is 0 Å². The van der Waals surface area contributed by atoms with Gasteiger partial charge in [0.05, 0.1) is 13.2 Å². The van der Waals surface area contributed by atoms with Crippen LogP contribution in [0, 0.1) is 0 Å². The third-order valence-electron chi connectivity index (χ3n) is 3.35. The summed E-state index contributed by atoms with van der Waals surface area (Å²) in [5.74, 6) is -0.143. The van der Waals surface area contributed by atoms with Crippen molar-refractivity contribution in [3.63, 3.8) is 0 Å². The van der Waals surface area contributed by atoms with E-state index in [0.29, 0.717) is 19.8 Å². The van der Waals surface area contributed by atoms with Gasteiger partial charge in [0, 0.05) is 40.3 Å². The molecule has 1 heterocycles. The monoisotopic (exact) mass is 301 g/mol. The molecule has 1 aliphatic rings. The van der Waals surface area contributed by atoms with Crippen LogP contribution < -0.4 is 5.32 Å². The topological polar surface area (TPSA) is 71.1 Å². The Morgan fingerprint density at radius 2 is 2.05 bits per heavy atom. The number of urea groups is 1. The molecule has 1 aliphatic heterocycles. The third-order valence-corrected chi connectivity index (χ3v) is 3.35. The Bertz CT molecular complexity index is 336. The van der Waals surface area contributed by atoms with Gasteiger partial charge in [-0.3, -0.25) is 4.79 Å². The zero-order valence-electron chi connectivity index (χ0n) is 13.3. The average Bonchev–Trinajstić information content (AvgIpc) is 2.68. The van der Waals surface area contributed by atoms with Crippen LogP contribution in [0.3, 0.4) is 0 Å². The van der Waals surface area contributed by atoms with E-state index in [-0.39, 0.29) is 24.6 Å². The Labute approximate surface area is 126 Å². The number of likely N-dealkylation sites (tertiary alicyclic amines) is 1. The highest BCUT2D eigenvalue weighted by molar-refractivity contribution is 5.78. The van der Waals surface area contributed by atoms with Crippen molar-refractivity contribution in [2.45, 2.75) is 25.3 Å². The zero-order valence-corrected chi connectivity index (χ0v) is 13.3. The molecule has 1 saturated heterocycles. The Morgan fingerprint density at radius 3 is 2.71 bits per heavy atom. The number of methoxy groups -OCH3 is 1. The van der Waals surface area contributed by atoms with Crippen molar-refractivity contribution in [2.24, 2.45) is 0 Å². The van der Waals surface area contributed by atoms with Crippen LogP contribution in [0.2, 0.25) is 0 Å². The first kappa shape index (κ1) is 17.7. The van der Waals surface area contributed by atoms with Gasteiger partial charge in [-0.25, -0.2) is 4.79 Å². The normalized spacial score (nSPS) is 19.0. The van der Waals surface area contributed by atoms with E-state index in [0.717, 1.165) is 25.8 Å². The molecule has 0 aromatic carbocycles. The molecule has 0 aliphatic carbocycles. The highest BCUT2D eigenvalue weighted by atomic mass is 16.5. The first-order valence-corrected chi connectivity index (χ1v) is 7.37. The van der Waals surface area contributed by atoms with Gasteiger partial charge in [0.1, 0.15) is 6.61 Å². The van der Waals surface area contributed by atoms with Gasteiger partial charge in [-0.2, -0.15) is 0 Å². The maximum Gasteiger partial charge on any atom is 0.319 e. The minimum Gasteiger partial charge on any atom is -0.382 e. The molecule has 122 valence electrons. The van der Waals surface area contributed by atoms with Gasteiger partial charge in [0.2, 0.25) is 5.91 Å². The Hall–Kier alpha value is -1.34. The molecule has 7 heteroatoms. The standard InChI is InChI=1S/C14H27N3O4/c1-16(2)14(19)17-7-5-4-6-12(10-17)15-13(18)11-21-9-8-20-3/h12H,4-11H2,1-3H3,(H,15,18)/t12-/m1/s1. The minimum atomic E-state index is -0.143. The molecular weight excluding hydrogens is 274 g/mol. The summed E-state index contributed by atoms with van der Waals surface area (Å²) in [6.45, 7) is 2.21. The molecule has 7 nitrogen and oxygen atoms in total. The number of rotatable bonds is 6. The second-order valence-corrected chi connectivity index (χ2v) is 5.43. The van der Waals surface area contributed by atoms with Crippen LogP contribution >= 0.6 is 0 Å². The van der Waals surface area contributed by atoms with Crippen molar-refractivity contribution in [1.29, 1.82) is 0 Å². The summed E-state index contributed by atoms with van der Waals surface area (Å²) in [5.41, 5.74) is 0. The predicted octanol–water partition coefficient (Wildman–Crippen LogP) is 0.302. The summed E-state index contributed by atoms with van der Waals surface area (Å²) >= 11 is 0. The number of carbonyl (C=O) groups is 2. The molecule has 0 saturated carbocycles. The van der Waals surface area contributed by atoms with E-state index in [9.17, 15) is 9.59 Å². The van der Waals surface area contributed by atoms with Crippen molar-refractivity contribution >= 4 is 11.9 Å². The summed E-state index contributed by atoms with van der Waals surface area (Å²) in [6, 6.07) is -0.0116. The smallest absolute Gasteiger partial charge is 0.319 e. The number of nitrogens with one attached hydrogen (secondary N) is 1. The second kappa shape index (κ2) is 9.57. The first-order chi connectivity index (χ1) is 10.0. The van der Waals surface area contributed by atoms with Crippen LogP contribution in [0.1, 0.15) is 19.3 Å². The third kappa shape index (κ3) is 6.77. The number of ether oxygens (including phenoxy) is 2. The predicted molar refractivity (Wildman–Crippen MR) is 79.1 cm³/mol. The number of hydrogen-bond acceptors (Lipinski definition) is 4. The summed E-state index contributed by atoms with van der Waals surface area (Å²) < 4.78 is 10.0. The Balaban J connectivity index is 2.38. The fourth-order valence-corrected chi connectivity index (χ4v) is 2.29. The van der Waals surface area contributed by atoms with Crippen molar-refractivity contribution in [1.82, 2.24) is 15.1 Å². The summed E-state index contributed by atoms with van der Waals surface area (Å²) in [7, 11) is 5.07. The maximum absolute atomic E-state index is 12.0. The van der Waals surface area contributed by atoms with Gasteiger partial charge < -0.3 is 24.6 Å². The van der Waals surface area contributed by atoms with Gasteiger partial charge in [0.15, 0.2) is 0 Å². The molecule has 1 N–H and O–H groups in total. The molecule has 1 atom stereocenters. The highest BCUT2D eigenvalue weighted by Crippen LogP contribution is 2.12. The van der Waals surface area contributed by atoms with Gasteiger partial charge >= 0.3 is 6.03 Å². The van der Waals surface area contributed by atoms with Crippen LogP contribution in [-0.2, 0) is 14.3 Å². The molecule has 0 radical (unpaired) electrons. The second-order valence-electron chi connectivity index (χ2n) is 5.43. The maximum atomic E-state index is 12.0. The van der Waals surface area contributed by atoms with Crippen molar-refractivity contribution in [2.75, 3.05) is 54.1 Å². The van der Waals surface area contributed by atoms with Gasteiger partial charge in [0.25, 0.3) is 0 Å². The molecular formula is C14H27N3O4. The van der Waals surface area contributed by atoms with Crippen molar-refractivity contribution in [3.8, 4) is 0 Å². The number of nitrogens with zero attached hydrogens (tertiary/aromatic N) is 2. The molecule has 3 amide bonds. The van der Waals surface area contributed by atoms with E-state index in [1.54, 1.807) is 31.0 Å². The van der Waals surface area contributed by atoms with E-state index in [4.69, 9.17) is 9.47 Å². The number of amides is 3. The molecule has 0 aromatic heterocycles. The molecule has 0 unspecified atom stereocenters. The van der Waals surface area contributed by atoms with Gasteiger partial charge in [-0.1, -0.05) is 0 Å². The minimum absolute atomic E-state index is 0.00470. The lowest BCUT2D eigenvalue weighted by Crippen LogP contribution is -2.48. The van der Waals surface area contributed by atoms with E-state index in [1.165, 1.54) is 0 Å². The van der Waals surface area contributed by atoms with Crippen LogP contribution in [0.4, 0.5) is 4.79 Å². The molecule has 0 bridgehead atoms. The van der Waals surface area contributed by atoms with Crippen LogP contribution in [-0.4, -0.2) is 81.9 Å².